The smallest absolute Gasteiger partial charge is 0.313 e. The number of carbonyl (C=O) groups excluding carboxylic acids is 2. The van der Waals surface area contributed by atoms with Crippen molar-refractivity contribution in [3.63, 3.8) is 0 Å². The van der Waals surface area contributed by atoms with Crippen molar-refractivity contribution >= 4 is 34.8 Å². The standard InChI is InChI=1S/C18H16ClF2N3O2/c19-12-2-1-3-14(10-12)23-6-8-24(9-7-23)18(26)17(25)22-13-4-5-15(20)16(21)11-13/h1-5,10-11H,6-9H2,(H,22,25). The number of rotatable bonds is 2. The monoisotopic (exact) mass is 379 g/mol. The van der Waals surface area contributed by atoms with Crippen LogP contribution in [0.3, 0.4) is 0 Å². The fraction of sp³-hybridized carbons (Fsp3) is 0.222. The van der Waals surface area contributed by atoms with Crippen molar-refractivity contribution in [2.75, 3.05) is 36.4 Å². The number of nitrogens with one attached hydrogen (secondary N) is 1. The van der Waals surface area contributed by atoms with Crippen LogP contribution in [-0.4, -0.2) is 42.9 Å². The third-order valence-corrected chi connectivity index (χ3v) is 4.35. The Labute approximate surface area is 154 Å². The summed E-state index contributed by atoms with van der Waals surface area (Å²) in [6, 6.07) is 10.3. The van der Waals surface area contributed by atoms with Gasteiger partial charge in [-0.2, -0.15) is 0 Å². The minimum Gasteiger partial charge on any atom is -0.368 e. The molecule has 1 aliphatic rings. The molecular formula is C18H16ClF2N3O2. The van der Waals surface area contributed by atoms with Crippen molar-refractivity contribution < 1.29 is 18.4 Å². The highest BCUT2D eigenvalue weighted by Crippen LogP contribution is 2.21. The van der Waals surface area contributed by atoms with Gasteiger partial charge in [-0.25, -0.2) is 8.78 Å². The quantitative estimate of drug-likeness (QED) is 0.816. The number of hydrogen-bond acceptors (Lipinski definition) is 3. The third kappa shape index (κ3) is 4.11. The van der Waals surface area contributed by atoms with Crippen LogP contribution in [0.25, 0.3) is 0 Å². The maximum absolute atomic E-state index is 13.2. The van der Waals surface area contributed by atoms with Gasteiger partial charge >= 0.3 is 11.8 Å². The SMILES string of the molecule is O=C(Nc1ccc(F)c(F)c1)C(=O)N1CCN(c2cccc(Cl)c2)CC1. The minimum atomic E-state index is -1.09. The van der Waals surface area contributed by atoms with Gasteiger partial charge in [0.15, 0.2) is 11.6 Å². The van der Waals surface area contributed by atoms with Gasteiger partial charge in [-0.15, -0.1) is 0 Å². The first kappa shape index (κ1) is 18.1. The zero-order valence-corrected chi connectivity index (χ0v) is 14.5. The second-order valence-corrected chi connectivity index (χ2v) is 6.28. The molecule has 1 saturated heterocycles. The molecule has 2 aromatic rings. The Bertz CT molecular complexity index is 839. The van der Waals surface area contributed by atoms with Crippen LogP contribution in [0.15, 0.2) is 42.5 Å². The normalized spacial score (nSPS) is 14.3. The van der Waals surface area contributed by atoms with Crippen LogP contribution < -0.4 is 10.2 Å². The van der Waals surface area contributed by atoms with Crippen LogP contribution in [-0.2, 0) is 9.59 Å². The van der Waals surface area contributed by atoms with Crippen LogP contribution in [0.5, 0.6) is 0 Å². The predicted octanol–water partition coefficient (Wildman–Crippen LogP) is 2.91. The maximum Gasteiger partial charge on any atom is 0.313 e. The number of halogens is 3. The fourth-order valence-corrected chi connectivity index (χ4v) is 2.93. The summed E-state index contributed by atoms with van der Waals surface area (Å²) in [7, 11) is 0. The summed E-state index contributed by atoms with van der Waals surface area (Å²) in [4.78, 5) is 27.8. The second kappa shape index (κ2) is 7.70. The summed E-state index contributed by atoms with van der Waals surface area (Å²) in [5.74, 6) is -3.70. The molecule has 1 N–H and O–H groups in total. The molecule has 2 amide bonds. The summed E-state index contributed by atoms with van der Waals surface area (Å²) in [6.07, 6.45) is 0. The second-order valence-electron chi connectivity index (χ2n) is 5.84. The van der Waals surface area contributed by atoms with Crippen LogP contribution >= 0.6 is 11.6 Å². The van der Waals surface area contributed by atoms with E-state index in [2.05, 4.69) is 10.2 Å². The number of hydrogen-bond donors (Lipinski definition) is 1. The van der Waals surface area contributed by atoms with Gasteiger partial charge in [-0.1, -0.05) is 17.7 Å². The third-order valence-electron chi connectivity index (χ3n) is 4.11. The van der Waals surface area contributed by atoms with Gasteiger partial charge < -0.3 is 15.1 Å². The molecule has 8 heteroatoms. The first-order valence-electron chi connectivity index (χ1n) is 8.00. The Kier molecular flexibility index (Phi) is 5.37. The zero-order valence-electron chi connectivity index (χ0n) is 13.7. The number of piperazine rings is 1. The van der Waals surface area contributed by atoms with Gasteiger partial charge in [0, 0.05) is 48.6 Å². The summed E-state index contributed by atoms with van der Waals surface area (Å²) >= 11 is 5.99. The molecule has 26 heavy (non-hydrogen) atoms. The first-order valence-corrected chi connectivity index (χ1v) is 8.37. The zero-order chi connectivity index (χ0) is 18.7. The number of carbonyl (C=O) groups is 2. The average Bonchev–Trinajstić information content (AvgIpc) is 2.64. The lowest BCUT2D eigenvalue weighted by Crippen LogP contribution is -2.51. The van der Waals surface area contributed by atoms with E-state index < -0.39 is 23.4 Å². The summed E-state index contributed by atoms with van der Waals surface area (Å²) < 4.78 is 26.1. The number of nitrogens with zero attached hydrogens (tertiary/aromatic N) is 2. The van der Waals surface area contributed by atoms with Crippen molar-refractivity contribution in [2.24, 2.45) is 0 Å². The van der Waals surface area contributed by atoms with Crippen molar-refractivity contribution in [1.82, 2.24) is 4.90 Å². The summed E-state index contributed by atoms with van der Waals surface area (Å²) in [5, 5.41) is 2.92. The van der Waals surface area contributed by atoms with E-state index in [-0.39, 0.29) is 5.69 Å². The van der Waals surface area contributed by atoms with Crippen LogP contribution in [0.4, 0.5) is 20.2 Å². The lowest BCUT2D eigenvalue weighted by molar-refractivity contribution is -0.143. The van der Waals surface area contributed by atoms with E-state index in [0.29, 0.717) is 31.2 Å². The predicted molar refractivity (Wildman–Crippen MR) is 95.2 cm³/mol. The van der Waals surface area contributed by atoms with Gasteiger partial charge in [-0.05, 0) is 30.3 Å². The van der Waals surface area contributed by atoms with E-state index in [4.69, 9.17) is 11.6 Å². The van der Waals surface area contributed by atoms with E-state index in [1.165, 1.54) is 11.0 Å². The van der Waals surface area contributed by atoms with Gasteiger partial charge in [0.25, 0.3) is 0 Å². The highest BCUT2D eigenvalue weighted by Gasteiger charge is 2.26. The number of amides is 2. The van der Waals surface area contributed by atoms with Gasteiger partial charge in [0.2, 0.25) is 0 Å². The van der Waals surface area contributed by atoms with E-state index in [9.17, 15) is 18.4 Å². The van der Waals surface area contributed by atoms with Crippen LogP contribution in [0, 0.1) is 11.6 Å². The van der Waals surface area contributed by atoms with Crippen LogP contribution in [0.2, 0.25) is 5.02 Å². The fourth-order valence-electron chi connectivity index (χ4n) is 2.74. The lowest BCUT2D eigenvalue weighted by Gasteiger charge is -2.35. The molecule has 0 aromatic heterocycles. The maximum atomic E-state index is 13.2. The van der Waals surface area contributed by atoms with Crippen molar-refractivity contribution in [3.05, 3.63) is 59.1 Å². The molecular weight excluding hydrogens is 364 g/mol. The highest BCUT2D eigenvalue weighted by molar-refractivity contribution is 6.39. The van der Waals surface area contributed by atoms with E-state index in [1.807, 2.05) is 18.2 Å². The molecule has 0 atom stereocenters. The minimum absolute atomic E-state index is 0.0276. The van der Waals surface area contributed by atoms with E-state index in [1.54, 1.807) is 6.07 Å². The summed E-state index contributed by atoms with van der Waals surface area (Å²) in [5.41, 5.74) is 0.982. The van der Waals surface area contributed by atoms with Crippen LogP contribution in [0.1, 0.15) is 0 Å². The molecule has 2 aromatic carbocycles. The molecule has 136 valence electrons. The van der Waals surface area contributed by atoms with Crippen molar-refractivity contribution in [3.8, 4) is 0 Å². The molecule has 0 saturated carbocycles. The number of benzene rings is 2. The molecule has 1 heterocycles. The Hall–Kier alpha value is -2.67. The molecule has 0 aliphatic carbocycles. The Morgan fingerprint density at radius 3 is 2.35 bits per heavy atom. The Morgan fingerprint density at radius 1 is 0.962 bits per heavy atom. The Morgan fingerprint density at radius 2 is 1.69 bits per heavy atom. The largest absolute Gasteiger partial charge is 0.368 e. The first-order chi connectivity index (χ1) is 12.4. The molecule has 1 fully saturated rings. The summed E-state index contributed by atoms with van der Waals surface area (Å²) in [6.45, 7) is 1.86. The molecule has 3 rings (SSSR count). The number of anilines is 2. The lowest BCUT2D eigenvalue weighted by atomic mass is 10.2. The van der Waals surface area contributed by atoms with Crippen molar-refractivity contribution in [1.29, 1.82) is 0 Å². The van der Waals surface area contributed by atoms with Gasteiger partial charge in [-0.3, -0.25) is 9.59 Å². The van der Waals surface area contributed by atoms with Crippen molar-refractivity contribution in [2.45, 2.75) is 0 Å². The molecule has 0 spiro atoms. The molecule has 0 unspecified atom stereocenters. The van der Waals surface area contributed by atoms with Gasteiger partial charge in [0.05, 0.1) is 0 Å². The average molecular weight is 380 g/mol. The topological polar surface area (TPSA) is 52.7 Å². The molecule has 1 aliphatic heterocycles. The molecule has 5 nitrogen and oxygen atoms in total. The molecule has 0 bridgehead atoms. The van der Waals surface area contributed by atoms with Gasteiger partial charge in [0.1, 0.15) is 0 Å². The molecule has 0 radical (unpaired) electrons. The Balaban J connectivity index is 1.57. The van der Waals surface area contributed by atoms with E-state index in [0.717, 1.165) is 17.8 Å². The van der Waals surface area contributed by atoms with E-state index >= 15 is 0 Å². The highest BCUT2D eigenvalue weighted by atomic mass is 35.5.